The standard InChI is InChI=1S/C29H32O11/c1-14-11-18(37-3)23(27-22(14)17(32)12-19(38-27)24(34)15(2)31)28-29(26(36)25(35)20(13-30)39-28)40-21(33)10-9-16-7-5-4-6-8-16/h4-12,15,20,24-26,28-31,34-36H,13H2,1-3H3/b10-9-/t15?,20-,24?,25-,26+,28+,29-/m1/s1. The Hall–Kier alpha value is -3.58. The van der Waals surface area contributed by atoms with Crippen molar-refractivity contribution in [1.29, 1.82) is 0 Å². The Labute approximate surface area is 229 Å². The maximum Gasteiger partial charge on any atom is 0.331 e. The number of aryl methyl sites for hydroxylation is 1. The molecule has 1 saturated heterocycles. The predicted molar refractivity (Wildman–Crippen MR) is 142 cm³/mol. The van der Waals surface area contributed by atoms with Crippen LogP contribution in [0.2, 0.25) is 0 Å². The van der Waals surface area contributed by atoms with Gasteiger partial charge < -0.3 is 44.2 Å². The summed E-state index contributed by atoms with van der Waals surface area (Å²) in [5.74, 6) is -0.975. The highest BCUT2D eigenvalue weighted by molar-refractivity contribution is 5.88. The molecule has 2 heterocycles. The van der Waals surface area contributed by atoms with Crippen molar-refractivity contribution < 1.29 is 49.0 Å². The van der Waals surface area contributed by atoms with E-state index in [0.717, 1.165) is 12.1 Å². The summed E-state index contributed by atoms with van der Waals surface area (Å²) >= 11 is 0. The van der Waals surface area contributed by atoms with Gasteiger partial charge in [0.05, 0.1) is 30.8 Å². The fourth-order valence-electron chi connectivity index (χ4n) is 4.71. The first-order valence-corrected chi connectivity index (χ1v) is 12.6. The number of hydrogen-bond donors (Lipinski definition) is 5. The van der Waals surface area contributed by atoms with Crippen LogP contribution in [0.5, 0.6) is 5.75 Å². The second-order valence-corrected chi connectivity index (χ2v) is 9.62. The van der Waals surface area contributed by atoms with Crippen LogP contribution in [0.1, 0.15) is 41.6 Å². The quantitative estimate of drug-likeness (QED) is 0.200. The summed E-state index contributed by atoms with van der Waals surface area (Å²) in [7, 11) is 1.35. The van der Waals surface area contributed by atoms with Crippen LogP contribution >= 0.6 is 0 Å². The third kappa shape index (κ3) is 5.80. The lowest BCUT2D eigenvalue weighted by Crippen LogP contribution is -2.56. The lowest BCUT2D eigenvalue weighted by atomic mass is 9.88. The first-order valence-electron chi connectivity index (χ1n) is 12.6. The predicted octanol–water partition coefficient (Wildman–Crippen LogP) is 1.30. The van der Waals surface area contributed by atoms with Crippen molar-refractivity contribution >= 4 is 23.0 Å². The van der Waals surface area contributed by atoms with E-state index >= 15 is 0 Å². The normalized spacial score (nSPS) is 24.6. The minimum Gasteiger partial charge on any atom is -0.496 e. The van der Waals surface area contributed by atoms with Crippen molar-refractivity contribution in [1.82, 2.24) is 0 Å². The number of benzene rings is 2. The molecule has 0 spiro atoms. The van der Waals surface area contributed by atoms with E-state index in [0.29, 0.717) is 11.1 Å². The number of fused-ring (bicyclic) bond motifs is 1. The molecule has 4 rings (SSSR count). The summed E-state index contributed by atoms with van der Waals surface area (Å²) < 4.78 is 23.0. The summed E-state index contributed by atoms with van der Waals surface area (Å²) in [6.07, 6.45) is -7.75. The molecule has 1 aliphatic heterocycles. The Morgan fingerprint density at radius 3 is 2.45 bits per heavy atom. The van der Waals surface area contributed by atoms with Gasteiger partial charge in [0.2, 0.25) is 0 Å². The molecule has 11 heteroatoms. The lowest BCUT2D eigenvalue weighted by Gasteiger charge is -2.42. The SMILES string of the molecule is COc1cc(C)c2c(=O)cc(C(O)C(C)O)oc2c1[C@@H]1O[C@H](CO)[C@@H](O)[C@H](O)[C@H]1OC(=O)/C=C\c1ccccc1. The van der Waals surface area contributed by atoms with Gasteiger partial charge in [-0.05, 0) is 37.1 Å². The Morgan fingerprint density at radius 1 is 1.12 bits per heavy atom. The molecule has 2 unspecified atom stereocenters. The van der Waals surface area contributed by atoms with Gasteiger partial charge in [-0.2, -0.15) is 0 Å². The summed E-state index contributed by atoms with van der Waals surface area (Å²) in [6.45, 7) is 2.27. The van der Waals surface area contributed by atoms with E-state index in [-0.39, 0.29) is 28.0 Å². The van der Waals surface area contributed by atoms with Crippen molar-refractivity contribution in [2.24, 2.45) is 0 Å². The Balaban J connectivity index is 1.87. The van der Waals surface area contributed by atoms with Gasteiger partial charge in [0, 0.05) is 12.1 Å². The van der Waals surface area contributed by atoms with Gasteiger partial charge in [0.25, 0.3) is 0 Å². The second kappa shape index (κ2) is 12.3. The highest BCUT2D eigenvalue weighted by Gasteiger charge is 2.49. The zero-order chi connectivity index (χ0) is 29.1. The molecule has 0 amide bonds. The highest BCUT2D eigenvalue weighted by Crippen LogP contribution is 2.43. The van der Waals surface area contributed by atoms with Crippen molar-refractivity contribution in [2.75, 3.05) is 13.7 Å². The van der Waals surface area contributed by atoms with E-state index in [1.54, 1.807) is 31.2 Å². The summed E-state index contributed by atoms with van der Waals surface area (Å²) in [6, 6.07) is 11.5. The Bertz CT molecular complexity index is 1430. The topological polar surface area (TPSA) is 176 Å². The van der Waals surface area contributed by atoms with Crippen molar-refractivity contribution in [3.8, 4) is 5.75 Å². The molecule has 0 saturated carbocycles. The molecule has 0 radical (unpaired) electrons. The molecule has 214 valence electrons. The van der Waals surface area contributed by atoms with Crippen LogP contribution in [0.3, 0.4) is 0 Å². The average molecular weight is 557 g/mol. The zero-order valence-electron chi connectivity index (χ0n) is 22.1. The van der Waals surface area contributed by atoms with Crippen LogP contribution in [-0.4, -0.2) is 75.7 Å². The molecule has 7 atom stereocenters. The first kappa shape index (κ1) is 29.4. The van der Waals surface area contributed by atoms with Crippen molar-refractivity contribution in [3.63, 3.8) is 0 Å². The molecule has 1 fully saturated rings. The van der Waals surface area contributed by atoms with E-state index in [9.17, 15) is 35.1 Å². The van der Waals surface area contributed by atoms with E-state index in [2.05, 4.69) is 0 Å². The minimum atomic E-state index is -1.72. The molecule has 11 nitrogen and oxygen atoms in total. The molecule has 40 heavy (non-hydrogen) atoms. The van der Waals surface area contributed by atoms with Crippen LogP contribution < -0.4 is 10.2 Å². The van der Waals surface area contributed by atoms with E-state index in [1.165, 1.54) is 26.2 Å². The van der Waals surface area contributed by atoms with Gasteiger partial charge in [-0.25, -0.2) is 4.79 Å². The number of carbonyl (C=O) groups is 1. The van der Waals surface area contributed by atoms with E-state index in [4.69, 9.17) is 18.6 Å². The lowest BCUT2D eigenvalue weighted by molar-refractivity contribution is -0.239. The van der Waals surface area contributed by atoms with Crippen LogP contribution in [0, 0.1) is 6.92 Å². The Morgan fingerprint density at radius 2 is 1.82 bits per heavy atom. The van der Waals surface area contributed by atoms with Gasteiger partial charge >= 0.3 is 5.97 Å². The largest absolute Gasteiger partial charge is 0.496 e. The van der Waals surface area contributed by atoms with Gasteiger partial charge in [-0.15, -0.1) is 0 Å². The second-order valence-electron chi connectivity index (χ2n) is 9.62. The number of ether oxygens (including phenoxy) is 3. The number of esters is 1. The fraction of sp³-hybridized carbons (Fsp3) is 0.379. The maximum atomic E-state index is 13.1. The molecule has 1 aliphatic rings. The Kier molecular flexibility index (Phi) is 9.04. The molecule has 3 aromatic rings. The maximum absolute atomic E-state index is 13.1. The fourth-order valence-corrected chi connectivity index (χ4v) is 4.71. The average Bonchev–Trinajstić information content (AvgIpc) is 2.94. The molecule has 2 aromatic carbocycles. The van der Waals surface area contributed by atoms with Gasteiger partial charge in [-0.3, -0.25) is 4.79 Å². The van der Waals surface area contributed by atoms with E-state index < -0.39 is 60.7 Å². The zero-order valence-corrected chi connectivity index (χ0v) is 22.1. The third-order valence-corrected chi connectivity index (χ3v) is 6.80. The molecule has 0 aliphatic carbocycles. The first-order chi connectivity index (χ1) is 19.1. The van der Waals surface area contributed by atoms with Crippen LogP contribution in [-0.2, 0) is 14.3 Å². The number of hydrogen-bond acceptors (Lipinski definition) is 11. The van der Waals surface area contributed by atoms with Crippen LogP contribution in [0.4, 0.5) is 0 Å². The minimum absolute atomic E-state index is 0.0362. The smallest absolute Gasteiger partial charge is 0.331 e. The molecular formula is C29H32O11. The highest BCUT2D eigenvalue weighted by atomic mass is 16.6. The summed E-state index contributed by atoms with van der Waals surface area (Å²) in [5, 5.41) is 51.9. The van der Waals surface area contributed by atoms with Gasteiger partial charge in [0.15, 0.2) is 11.5 Å². The van der Waals surface area contributed by atoms with Gasteiger partial charge in [0.1, 0.15) is 47.6 Å². The van der Waals surface area contributed by atoms with Crippen molar-refractivity contribution in [2.45, 2.75) is 56.6 Å². The molecule has 1 aromatic heterocycles. The van der Waals surface area contributed by atoms with Crippen LogP contribution in [0.25, 0.3) is 17.0 Å². The van der Waals surface area contributed by atoms with Crippen molar-refractivity contribution in [3.05, 3.63) is 81.2 Å². The molecular weight excluding hydrogens is 524 g/mol. The van der Waals surface area contributed by atoms with E-state index in [1.807, 2.05) is 6.07 Å². The number of methoxy groups -OCH3 is 1. The number of aliphatic hydroxyl groups excluding tert-OH is 5. The monoisotopic (exact) mass is 556 g/mol. The third-order valence-electron chi connectivity index (χ3n) is 6.80. The molecule has 0 bridgehead atoms. The number of carbonyl (C=O) groups excluding carboxylic acids is 1. The van der Waals surface area contributed by atoms with Crippen LogP contribution in [0.15, 0.2) is 57.8 Å². The molecule has 5 N–H and O–H groups in total. The number of rotatable bonds is 8. The van der Waals surface area contributed by atoms with Gasteiger partial charge in [-0.1, -0.05) is 30.3 Å². The summed E-state index contributed by atoms with van der Waals surface area (Å²) in [4.78, 5) is 26.0. The number of aliphatic hydroxyl groups is 5. The summed E-state index contributed by atoms with van der Waals surface area (Å²) in [5.41, 5.74) is 0.567.